The molecular formula is C23H18N2O4. The zero-order valence-electron chi connectivity index (χ0n) is 15.4. The number of phenols is 1. The number of hydrogen-bond acceptors (Lipinski definition) is 5. The summed E-state index contributed by atoms with van der Waals surface area (Å²) in [7, 11) is 0. The van der Waals surface area contributed by atoms with Gasteiger partial charge in [0.15, 0.2) is 0 Å². The van der Waals surface area contributed by atoms with Crippen molar-refractivity contribution in [1.82, 2.24) is 5.43 Å². The van der Waals surface area contributed by atoms with Crippen LogP contribution in [0.4, 0.5) is 0 Å². The molecule has 144 valence electrons. The van der Waals surface area contributed by atoms with Gasteiger partial charge in [-0.05, 0) is 53.6 Å². The molecular weight excluding hydrogens is 368 g/mol. The maximum absolute atomic E-state index is 11.9. The number of rotatable bonds is 6. The van der Waals surface area contributed by atoms with Gasteiger partial charge in [-0.1, -0.05) is 42.5 Å². The molecule has 2 N–H and O–H groups in total. The van der Waals surface area contributed by atoms with Gasteiger partial charge in [-0.3, -0.25) is 4.79 Å². The van der Waals surface area contributed by atoms with Gasteiger partial charge in [0.05, 0.1) is 11.8 Å². The Labute approximate surface area is 167 Å². The number of phenolic OH excluding ortho intramolecular Hbond substituents is 1. The topological polar surface area (TPSA) is 88.0 Å². The number of benzene rings is 3. The smallest absolute Gasteiger partial charge is 0.336 e. The largest absolute Gasteiger partial charge is 0.507 e. The Morgan fingerprint density at radius 1 is 0.862 bits per heavy atom. The van der Waals surface area contributed by atoms with Gasteiger partial charge >= 0.3 is 5.97 Å². The van der Waals surface area contributed by atoms with E-state index in [9.17, 15) is 14.7 Å². The van der Waals surface area contributed by atoms with Crippen molar-refractivity contribution in [2.24, 2.45) is 5.10 Å². The average Bonchev–Trinajstić information content (AvgIpc) is 2.74. The van der Waals surface area contributed by atoms with Crippen molar-refractivity contribution in [1.29, 1.82) is 0 Å². The fourth-order valence-corrected chi connectivity index (χ4v) is 2.39. The van der Waals surface area contributed by atoms with Crippen molar-refractivity contribution in [3.63, 3.8) is 0 Å². The van der Waals surface area contributed by atoms with Gasteiger partial charge in [0.2, 0.25) is 0 Å². The fourth-order valence-electron chi connectivity index (χ4n) is 2.39. The van der Waals surface area contributed by atoms with Crippen LogP contribution in [0.5, 0.6) is 11.5 Å². The molecule has 0 radical (unpaired) electrons. The maximum atomic E-state index is 11.9. The second-order valence-electron chi connectivity index (χ2n) is 5.95. The number of carbonyl (C=O) groups is 2. The van der Waals surface area contributed by atoms with Crippen LogP contribution in [0.15, 0.2) is 90.0 Å². The van der Waals surface area contributed by atoms with Crippen LogP contribution in [0, 0.1) is 0 Å². The van der Waals surface area contributed by atoms with E-state index in [1.807, 2.05) is 30.3 Å². The van der Waals surface area contributed by atoms with Crippen molar-refractivity contribution in [3.05, 3.63) is 102 Å². The number of nitrogens with one attached hydrogen (secondary N) is 1. The molecule has 3 rings (SSSR count). The summed E-state index contributed by atoms with van der Waals surface area (Å²) >= 11 is 0. The number of hydrogen-bond donors (Lipinski definition) is 2. The van der Waals surface area contributed by atoms with E-state index in [1.165, 1.54) is 24.4 Å². The first kappa shape index (κ1) is 19.6. The van der Waals surface area contributed by atoms with Gasteiger partial charge in [0, 0.05) is 6.08 Å². The van der Waals surface area contributed by atoms with Gasteiger partial charge in [-0.2, -0.15) is 5.10 Å². The van der Waals surface area contributed by atoms with Crippen LogP contribution in [0.3, 0.4) is 0 Å². The van der Waals surface area contributed by atoms with Crippen LogP contribution in [0.2, 0.25) is 0 Å². The minimum Gasteiger partial charge on any atom is -0.507 e. The summed E-state index contributed by atoms with van der Waals surface area (Å²) in [5, 5.41) is 13.5. The number of amides is 1. The predicted octanol–water partition coefficient (Wildman–Crippen LogP) is 3.77. The van der Waals surface area contributed by atoms with Gasteiger partial charge in [-0.25, -0.2) is 10.2 Å². The molecule has 6 nitrogen and oxygen atoms in total. The Hall–Kier alpha value is -4.19. The lowest BCUT2D eigenvalue weighted by Crippen LogP contribution is -2.17. The number of para-hydroxylation sites is 1. The molecule has 0 bridgehead atoms. The molecule has 29 heavy (non-hydrogen) atoms. The highest BCUT2D eigenvalue weighted by atomic mass is 16.5. The zero-order chi connectivity index (χ0) is 20.5. The number of ether oxygens (including phenoxy) is 1. The van der Waals surface area contributed by atoms with Crippen molar-refractivity contribution in [3.8, 4) is 11.5 Å². The second kappa shape index (κ2) is 9.66. The molecule has 1 amide bonds. The monoisotopic (exact) mass is 386 g/mol. The molecule has 0 spiro atoms. The van der Waals surface area contributed by atoms with Crippen LogP contribution in [-0.2, 0) is 4.79 Å². The number of hydrazone groups is 1. The van der Waals surface area contributed by atoms with Crippen LogP contribution in [0.1, 0.15) is 21.5 Å². The molecule has 3 aromatic rings. The molecule has 0 aliphatic heterocycles. The summed E-state index contributed by atoms with van der Waals surface area (Å²) in [5.41, 5.74) is 4.08. The summed E-state index contributed by atoms with van der Waals surface area (Å²) in [6, 6.07) is 22.3. The second-order valence-corrected chi connectivity index (χ2v) is 5.95. The molecule has 0 saturated carbocycles. The highest BCUT2D eigenvalue weighted by Crippen LogP contribution is 2.15. The van der Waals surface area contributed by atoms with E-state index in [4.69, 9.17) is 4.74 Å². The van der Waals surface area contributed by atoms with E-state index >= 15 is 0 Å². The van der Waals surface area contributed by atoms with Gasteiger partial charge in [0.1, 0.15) is 11.5 Å². The Morgan fingerprint density at radius 3 is 2.28 bits per heavy atom. The molecule has 0 aromatic heterocycles. The molecule has 0 atom stereocenters. The van der Waals surface area contributed by atoms with E-state index in [1.54, 1.807) is 42.5 Å². The minimum atomic E-state index is -0.518. The van der Waals surface area contributed by atoms with Crippen LogP contribution in [-0.4, -0.2) is 23.2 Å². The van der Waals surface area contributed by atoms with Crippen LogP contribution in [0.25, 0.3) is 6.08 Å². The summed E-state index contributed by atoms with van der Waals surface area (Å²) in [6.45, 7) is 0. The minimum absolute atomic E-state index is 0.118. The molecule has 6 heteroatoms. The van der Waals surface area contributed by atoms with E-state index in [-0.39, 0.29) is 11.3 Å². The standard InChI is InChI=1S/C23H18N2O4/c26-21-9-5-4-8-20(21)23(28)25-24-16-18-10-13-19(14-11-18)29-22(27)15-12-17-6-2-1-3-7-17/h1-16,26H,(H,25,28)/b15-12+,24-16-. The lowest BCUT2D eigenvalue weighted by Gasteiger charge is -2.03. The van der Waals surface area contributed by atoms with E-state index in [2.05, 4.69) is 10.5 Å². The first-order valence-electron chi connectivity index (χ1n) is 8.78. The number of carbonyl (C=O) groups excluding carboxylic acids is 2. The summed E-state index contributed by atoms with van der Waals surface area (Å²) < 4.78 is 5.24. The molecule has 0 aliphatic rings. The summed E-state index contributed by atoms with van der Waals surface area (Å²) in [4.78, 5) is 23.8. The molecule has 0 saturated heterocycles. The van der Waals surface area contributed by atoms with E-state index in [0.717, 1.165) is 5.56 Å². The third-order valence-corrected chi connectivity index (χ3v) is 3.84. The highest BCUT2D eigenvalue weighted by Gasteiger charge is 2.08. The Bertz CT molecular complexity index is 1040. The number of nitrogens with zero attached hydrogens (tertiary/aromatic N) is 1. The lowest BCUT2D eigenvalue weighted by molar-refractivity contribution is -0.128. The third-order valence-electron chi connectivity index (χ3n) is 3.84. The molecule has 0 fully saturated rings. The molecule has 0 heterocycles. The average molecular weight is 386 g/mol. The lowest BCUT2D eigenvalue weighted by atomic mass is 10.2. The fraction of sp³-hybridized carbons (Fsp3) is 0. The van der Waals surface area contributed by atoms with Crippen LogP contribution >= 0.6 is 0 Å². The van der Waals surface area contributed by atoms with Crippen molar-refractivity contribution >= 4 is 24.2 Å². The predicted molar refractivity (Wildman–Crippen MR) is 111 cm³/mol. The maximum Gasteiger partial charge on any atom is 0.336 e. The van der Waals surface area contributed by atoms with Gasteiger partial charge in [0.25, 0.3) is 5.91 Å². The van der Waals surface area contributed by atoms with Crippen LogP contribution < -0.4 is 10.2 Å². The van der Waals surface area contributed by atoms with Crippen molar-refractivity contribution in [2.45, 2.75) is 0 Å². The van der Waals surface area contributed by atoms with Gasteiger partial charge < -0.3 is 9.84 Å². The summed E-state index contributed by atoms with van der Waals surface area (Å²) in [6.07, 6.45) is 4.48. The molecule has 0 unspecified atom stereocenters. The quantitative estimate of drug-likeness (QED) is 0.222. The molecule has 0 aliphatic carbocycles. The van der Waals surface area contributed by atoms with E-state index < -0.39 is 11.9 Å². The van der Waals surface area contributed by atoms with E-state index in [0.29, 0.717) is 11.3 Å². The van der Waals surface area contributed by atoms with Crippen molar-refractivity contribution in [2.75, 3.05) is 0 Å². The number of aromatic hydroxyl groups is 1. The Balaban J connectivity index is 1.52. The third kappa shape index (κ3) is 5.90. The zero-order valence-corrected chi connectivity index (χ0v) is 15.4. The number of esters is 1. The first-order valence-corrected chi connectivity index (χ1v) is 8.78. The Kier molecular flexibility index (Phi) is 6.52. The van der Waals surface area contributed by atoms with Crippen molar-refractivity contribution < 1.29 is 19.4 Å². The van der Waals surface area contributed by atoms with Gasteiger partial charge in [-0.15, -0.1) is 0 Å². The Morgan fingerprint density at radius 2 is 1.55 bits per heavy atom. The normalized spacial score (nSPS) is 10.9. The summed E-state index contributed by atoms with van der Waals surface area (Å²) in [5.74, 6) is -0.726. The molecule has 3 aromatic carbocycles. The first-order chi connectivity index (χ1) is 14.1. The SMILES string of the molecule is O=C(/C=C/c1ccccc1)Oc1ccc(/C=N\NC(=O)c2ccccc2O)cc1. The highest BCUT2D eigenvalue weighted by molar-refractivity contribution is 5.97.